The number of unbranched alkanes of at least 4 members (excludes halogenated alkanes) is 40. The minimum Gasteiger partial charge on any atom is -0.462 e. The van der Waals surface area contributed by atoms with Crippen LogP contribution in [0.1, 0.15) is 329 Å². The minimum absolute atomic E-state index is 0.0777. The zero-order valence-electron chi connectivity index (χ0n) is 45.3. The number of esters is 1. The van der Waals surface area contributed by atoms with E-state index in [4.69, 9.17) is 4.74 Å². The van der Waals surface area contributed by atoms with E-state index in [9.17, 15) is 19.8 Å². The molecule has 0 rings (SSSR count). The molecule has 6 nitrogen and oxygen atoms in total. The second kappa shape index (κ2) is 55.3. The number of ether oxygens (including phenoxy) is 1. The van der Waals surface area contributed by atoms with E-state index in [2.05, 4.69) is 50.4 Å². The molecule has 396 valence electrons. The maximum absolute atomic E-state index is 13.3. The summed E-state index contributed by atoms with van der Waals surface area (Å²) >= 11 is 0. The molecule has 0 aliphatic carbocycles. The molecule has 0 fully saturated rings. The number of rotatable bonds is 55. The molecule has 0 bridgehead atoms. The number of carbonyl (C=O) groups excluding carboxylic acids is 2. The maximum Gasteiger partial charge on any atom is 0.306 e. The number of hydrogen-bond acceptors (Lipinski definition) is 5. The van der Waals surface area contributed by atoms with E-state index in [1.807, 2.05) is 0 Å². The third kappa shape index (κ3) is 50.5. The van der Waals surface area contributed by atoms with Crippen molar-refractivity contribution in [3.63, 3.8) is 0 Å². The van der Waals surface area contributed by atoms with Gasteiger partial charge < -0.3 is 20.3 Å². The highest BCUT2D eigenvalue weighted by molar-refractivity contribution is 5.77. The van der Waals surface area contributed by atoms with E-state index in [-0.39, 0.29) is 24.9 Å². The van der Waals surface area contributed by atoms with Gasteiger partial charge in [-0.15, -0.1) is 0 Å². The van der Waals surface area contributed by atoms with Gasteiger partial charge in [-0.3, -0.25) is 9.59 Å². The Hall–Kier alpha value is -1.66. The summed E-state index contributed by atoms with van der Waals surface area (Å²) in [6.45, 7) is 6.52. The van der Waals surface area contributed by atoms with Crippen LogP contribution in [0.5, 0.6) is 0 Å². The fourth-order valence-electron chi connectivity index (χ4n) is 9.48. The van der Waals surface area contributed by atoms with Gasteiger partial charge in [-0.05, 0) is 51.4 Å². The molecule has 0 aromatic carbocycles. The van der Waals surface area contributed by atoms with Gasteiger partial charge in [0.15, 0.2) is 0 Å². The Morgan fingerprint density at radius 1 is 0.433 bits per heavy atom. The van der Waals surface area contributed by atoms with Crippen molar-refractivity contribution in [3.8, 4) is 0 Å². The van der Waals surface area contributed by atoms with Crippen molar-refractivity contribution < 1.29 is 24.5 Å². The molecule has 6 heteroatoms. The first-order chi connectivity index (χ1) is 33.0. The summed E-state index contributed by atoms with van der Waals surface area (Å²) in [6.07, 6.45) is 65.3. The topological polar surface area (TPSA) is 95.9 Å². The van der Waals surface area contributed by atoms with E-state index < -0.39 is 18.2 Å². The van der Waals surface area contributed by atoms with Gasteiger partial charge in [0.05, 0.1) is 25.2 Å². The Balaban J connectivity index is 4.53. The smallest absolute Gasteiger partial charge is 0.306 e. The predicted octanol–water partition coefficient (Wildman–Crippen LogP) is 18.6. The van der Waals surface area contributed by atoms with E-state index in [0.29, 0.717) is 19.3 Å². The second-order valence-electron chi connectivity index (χ2n) is 20.8. The van der Waals surface area contributed by atoms with Gasteiger partial charge in [0.25, 0.3) is 0 Å². The Bertz CT molecular complexity index is 1060. The minimum atomic E-state index is -0.787. The van der Waals surface area contributed by atoms with Crippen molar-refractivity contribution in [3.05, 3.63) is 24.3 Å². The Labute approximate surface area is 418 Å². The molecule has 3 N–H and O–H groups in total. The van der Waals surface area contributed by atoms with Crippen LogP contribution in [0, 0.1) is 0 Å². The molecule has 3 unspecified atom stereocenters. The molecule has 0 spiro atoms. The molecule has 0 aromatic heterocycles. The van der Waals surface area contributed by atoms with E-state index >= 15 is 0 Å². The molecule has 0 heterocycles. The molecular formula is C61H117NO5. The SMILES string of the molecule is CCCCCCCCC/C=C/C=C/CCCCCCCC(=O)OC(CCCCCCCCCCCCCCCCC)CC(=O)NC(CO)C(O)CCCCCCCCCCCCCCCCC. The monoisotopic (exact) mass is 944 g/mol. The quantitative estimate of drug-likeness (QED) is 0.0321. The number of amides is 1. The largest absolute Gasteiger partial charge is 0.462 e. The lowest BCUT2D eigenvalue weighted by Crippen LogP contribution is -2.46. The molecule has 67 heavy (non-hydrogen) atoms. The summed E-state index contributed by atoms with van der Waals surface area (Å²) in [5.74, 6) is -0.469. The van der Waals surface area contributed by atoms with Crippen LogP contribution in [0.2, 0.25) is 0 Å². The van der Waals surface area contributed by atoms with Crippen LogP contribution in [-0.4, -0.2) is 46.9 Å². The first-order valence-electron chi connectivity index (χ1n) is 30.1. The van der Waals surface area contributed by atoms with Crippen molar-refractivity contribution in [2.45, 2.75) is 347 Å². The first kappa shape index (κ1) is 65.3. The van der Waals surface area contributed by atoms with Crippen LogP contribution in [0.15, 0.2) is 24.3 Å². The Morgan fingerprint density at radius 2 is 0.746 bits per heavy atom. The normalized spacial score (nSPS) is 13.2. The predicted molar refractivity (Wildman–Crippen MR) is 292 cm³/mol. The summed E-state index contributed by atoms with van der Waals surface area (Å²) < 4.78 is 5.97. The van der Waals surface area contributed by atoms with Crippen molar-refractivity contribution in [1.82, 2.24) is 5.32 Å². The lowest BCUT2D eigenvalue weighted by Gasteiger charge is -2.24. The summed E-state index contributed by atoms with van der Waals surface area (Å²) in [4.78, 5) is 26.3. The molecule has 0 saturated carbocycles. The fourth-order valence-corrected chi connectivity index (χ4v) is 9.48. The van der Waals surface area contributed by atoms with Crippen LogP contribution < -0.4 is 5.32 Å². The average Bonchev–Trinajstić information content (AvgIpc) is 3.32. The van der Waals surface area contributed by atoms with Crippen molar-refractivity contribution >= 4 is 11.9 Å². The highest BCUT2D eigenvalue weighted by Crippen LogP contribution is 2.19. The maximum atomic E-state index is 13.3. The van der Waals surface area contributed by atoms with Gasteiger partial charge in [-0.1, -0.05) is 289 Å². The second-order valence-corrected chi connectivity index (χ2v) is 20.8. The molecule has 0 saturated heterocycles. The summed E-state index contributed by atoms with van der Waals surface area (Å²) in [5.41, 5.74) is 0. The van der Waals surface area contributed by atoms with Gasteiger partial charge in [0.2, 0.25) is 5.91 Å². The average molecular weight is 945 g/mol. The van der Waals surface area contributed by atoms with Crippen LogP contribution >= 0.6 is 0 Å². The molecule has 1 amide bonds. The molecule has 0 aromatic rings. The van der Waals surface area contributed by atoms with Crippen LogP contribution in [0.25, 0.3) is 0 Å². The number of aliphatic hydroxyl groups excluding tert-OH is 2. The lowest BCUT2D eigenvalue weighted by molar-refractivity contribution is -0.151. The van der Waals surface area contributed by atoms with Gasteiger partial charge in [-0.2, -0.15) is 0 Å². The zero-order chi connectivity index (χ0) is 48.8. The van der Waals surface area contributed by atoms with Crippen LogP contribution in [0.3, 0.4) is 0 Å². The number of allylic oxidation sites excluding steroid dienone is 4. The van der Waals surface area contributed by atoms with Crippen molar-refractivity contribution in [2.24, 2.45) is 0 Å². The molecular weight excluding hydrogens is 827 g/mol. The lowest BCUT2D eigenvalue weighted by atomic mass is 10.0. The van der Waals surface area contributed by atoms with Gasteiger partial charge in [0.1, 0.15) is 6.10 Å². The van der Waals surface area contributed by atoms with E-state index in [1.54, 1.807) is 0 Å². The number of nitrogens with one attached hydrogen (secondary N) is 1. The molecule has 0 aliphatic heterocycles. The van der Waals surface area contributed by atoms with Gasteiger partial charge >= 0.3 is 5.97 Å². The molecule has 0 aliphatic rings. The van der Waals surface area contributed by atoms with Crippen LogP contribution in [0.4, 0.5) is 0 Å². The summed E-state index contributed by atoms with van der Waals surface area (Å²) in [7, 11) is 0. The van der Waals surface area contributed by atoms with Gasteiger partial charge in [0, 0.05) is 6.42 Å². The fraction of sp³-hybridized carbons (Fsp3) is 0.902. The van der Waals surface area contributed by atoms with Crippen LogP contribution in [-0.2, 0) is 14.3 Å². The Kier molecular flexibility index (Phi) is 53.9. The molecule has 3 atom stereocenters. The molecule has 0 radical (unpaired) electrons. The van der Waals surface area contributed by atoms with E-state index in [0.717, 1.165) is 51.4 Å². The third-order valence-electron chi connectivity index (χ3n) is 14.1. The number of aliphatic hydroxyl groups is 2. The van der Waals surface area contributed by atoms with E-state index in [1.165, 1.54) is 231 Å². The zero-order valence-corrected chi connectivity index (χ0v) is 45.3. The third-order valence-corrected chi connectivity index (χ3v) is 14.1. The summed E-state index contributed by atoms with van der Waals surface area (Å²) in [5, 5.41) is 23.9. The van der Waals surface area contributed by atoms with Gasteiger partial charge in [-0.25, -0.2) is 0 Å². The summed E-state index contributed by atoms with van der Waals surface area (Å²) in [6, 6.07) is -0.701. The van der Waals surface area contributed by atoms with Crippen molar-refractivity contribution in [2.75, 3.05) is 6.61 Å². The Morgan fingerprint density at radius 3 is 1.10 bits per heavy atom. The van der Waals surface area contributed by atoms with Crippen molar-refractivity contribution in [1.29, 1.82) is 0 Å². The standard InChI is InChI=1S/C61H117NO5/c1-4-7-10-13-16-19-22-25-28-29-30-33-36-39-42-45-48-51-54-61(66)67-57(52-49-46-43-40-37-34-31-26-23-20-17-14-11-8-5-2)55-60(65)62-58(56-63)59(64)53-50-47-44-41-38-35-32-27-24-21-18-15-12-9-6-3/h28-30,33,57-59,63-64H,4-27,31-32,34-56H2,1-3H3,(H,62,65)/b29-28+,33-30+. The highest BCUT2D eigenvalue weighted by atomic mass is 16.5. The number of hydrogen-bond donors (Lipinski definition) is 3. The number of carbonyl (C=O) groups is 2. The highest BCUT2D eigenvalue weighted by Gasteiger charge is 2.24. The first-order valence-corrected chi connectivity index (χ1v) is 30.1.